The molecular formula is C17H24N2OS. The summed E-state index contributed by atoms with van der Waals surface area (Å²) in [5.74, 6) is 0.563. The number of aliphatic hydroxyl groups excluding tert-OH is 1. The fourth-order valence-corrected chi connectivity index (χ4v) is 3.23. The van der Waals surface area contributed by atoms with Crippen molar-refractivity contribution in [3.63, 3.8) is 0 Å². The van der Waals surface area contributed by atoms with Gasteiger partial charge in [0.1, 0.15) is 5.01 Å². The molecule has 1 unspecified atom stereocenters. The maximum absolute atomic E-state index is 9.07. The minimum Gasteiger partial charge on any atom is -0.396 e. The summed E-state index contributed by atoms with van der Waals surface area (Å²) in [7, 11) is 0. The maximum atomic E-state index is 9.07. The molecule has 0 spiro atoms. The Bertz CT molecular complexity index is 507. The molecule has 21 heavy (non-hydrogen) atoms. The van der Waals surface area contributed by atoms with Crippen molar-refractivity contribution in [2.45, 2.75) is 32.7 Å². The molecule has 1 aromatic heterocycles. The molecule has 0 aliphatic rings. The Balaban J connectivity index is 1.83. The average Bonchev–Trinajstić information content (AvgIpc) is 2.97. The molecule has 0 saturated carbocycles. The minimum absolute atomic E-state index is 0.280. The van der Waals surface area contributed by atoms with E-state index in [4.69, 9.17) is 5.11 Å². The van der Waals surface area contributed by atoms with Crippen molar-refractivity contribution >= 4 is 11.3 Å². The second-order valence-electron chi connectivity index (χ2n) is 5.29. The number of hydrogen-bond acceptors (Lipinski definition) is 4. The molecule has 0 aliphatic heterocycles. The first-order chi connectivity index (χ1) is 10.3. The van der Waals surface area contributed by atoms with Gasteiger partial charge in [-0.2, -0.15) is 0 Å². The number of benzene rings is 1. The van der Waals surface area contributed by atoms with E-state index in [1.165, 1.54) is 18.4 Å². The summed E-state index contributed by atoms with van der Waals surface area (Å²) < 4.78 is 0. The predicted molar refractivity (Wildman–Crippen MR) is 89.4 cm³/mol. The molecule has 0 radical (unpaired) electrons. The number of aliphatic hydroxyl groups is 1. The quantitative estimate of drug-likeness (QED) is 0.742. The van der Waals surface area contributed by atoms with Crippen molar-refractivity contribution < 1.29 is 5.11 Å². The Morgan fingerprint density at radius 2 is 2.05 bits per heavy atom. The van der Waals surface area contributed by atoms with E-state index >= 15 is 0 Å². The van der Waals surface area contributed by atoms with Crippen LogP contribution in [0.4, 0.5) is 0 Å². The first-order valence-corrected chi connectivity index (χ1v) is 8.52. The Morgan fingerprint density at radius 1 is 1.24 bits per heavy atom. The largest absolute Gasteiger partial charge is 0.396 e. The van der Waals surface area contributed by atoms with Gasteiger partial charge in [-0.1, -0.05) is 43.7 Å². The van der Waals surface area contributed by atoms with E-state index in [-0.39, 0.29) is 6.61 Å². The average molecular weight is 304 g/mol. The van der Waals surface area contributed by atoms with Gasteiger partial charge in [-0.3, -0.25) is 0 Å². The Morgan fingerprint density at radius 3 is 2.76 bits per heavy atom. The molecule has 1 atom stereocenters. The number of rotatable bonds is 9. The number of hydrogen-bond donors (Lipinski definition) is 2. The molecule has 1 heterocycles. The van der Waals surface area contributed by atoms with Crippen LogP contribution in [0.15, 0.2) is 35.7 Å². The third-order valence-electron chi connectivity index (χ3n) is 3.56. The van der Waals surface area contributed by atoms with Crippen LogP contribution >= 0.6 is 11.3 Å². The summed E-state index contributed by atoms with van der Waals surface area (Å²) >= 11 is 1.70. The van der Waals surface area contributed by atoms with Crippen LogP contribution in [-0.2, 0) is 6.54 Å². The van der Waals surface area contributed by atoms with Crippen molar-refractivity contribution in [2.24, 2.45) is 5.92 Å². The molecule has 2 rings (SSSR count). The Labute approximate surface area is 131 Å². The van der Waals surface area contributed by atoms with E-state index in [0.717, 1.165) is 30.2 Å². The number of nitrogens with zero attached hydrogens (tertiary/aromatic N) is 1. The van der Waals surface area contributed by atoms with Crippen LogP contribution in [0.5, 0.6) is 0 Å². The van der Waals surface area contributed by atoms with Crippen molar-refractivity contribution in [1.29, 1.82) is 0 Å². The summed E-state index contributed by atoms with van der Waals surface area (Å²) in [6.07, 6.45) is 3.22. The fraction of sp³-hybridized carbons (Fsp3) is 0.471. The molecular weight excluding hydrogens is 280 g/mol. The topological polar surface area (TPSA) is 45.1 Å². The highest BCUT2D eigenvalue weighted by Crippen LogP contribution is 2.21. The molecule has 0 fully saturated rings. The molecule has 1 aromatic carbocycles. The highest BCUT2D eigenvalue weighted by Gasteiger charge is 2.08. The minimum atomic E-state index is 0.280. The summed E-state index contributed by atoms with van der Waals surface area (Å²) in [5, 5.41) is 15.8. The summed E-state index contributed by atoms with van der Waals surface area (Å²) in [6.45, 7) is 4.23. The highest BCUT2D eigenvalue weighted by atomic mass is 32.1. The van der Waals surface area contributed by atoms with Crippen molar-refractivity contribution in [2.75, 3.05) is 13.2 Å². The lowest BCUT2D eigenvalue weighted by atomic mass is 10.0. The molecule has 0 saturated heterocycles. The van der Waals surface area contributed by atoms with E-state index in [0.29, 0.717) is 5.92 Å². The van der Waals surface area contributed by atoms with Gasteiger partial charge in [-0.05, 0) is 25.3 Å². The second-order valence-corrected chi connectivity index (χ2v) is 6.23. The van der Waals surface area contributed by atoms with Crippen molar-refractivity contribution in [1.82, 2.24) is 10.3 Å². The SMILES string of the molecule is CCCC(CCO)CNCc1nc(-c2ccccc2)cs1. The smallest absolute Gasteiger partial charge is 0.107 e. The highest BCUT2D eigenvalue weighted by molar-refractivity contribution is 7.09. The van der Waals surface area contributed by atoms with Gasteiger partial charge >= 0.3 is 0 Å². The van der Waals surface area contributed by atoms with Crippen LogP contribution in [0, 0.1) is 5.92 Å². The van der Waals surface area contributed by atoms with Crippen molar-refractivity contribution in [3.8, 4) is 11.3 Å². The zero-order chi connectivity index (χ0) is 14.9. The van der Waals surface area contributed by atoms with E-state index in [2.05, 4.69) is 34.7 Å². The van der Waals surface area contributed by atoms with Gasteiger partial charge in [-0.15, -0.1) is 11.3 Å². The standard InChI is InChI=1S/C17H24N2OS/c1-2-6-14(9-10-20)11-18-12-17-19-16(13-21-17)15-7-4-3-5-8-15/h3-5,7-8,13-14,18,20H,2,6,9-12H2,1H3. The van der Waals surface area contributed by atoms with Crippen LogP contribution in [0.25, 0.3) is 11.3 Å². The van der Waals surface area contributed by atoms with Gasteiger partial charge in [0.2, 0.25) is 0 Å². The lowest BCUT2D eigenvalue weighted by Gasteiger charge is -2.14. The summed E-state index contributed by atoms with van der Waals surface area (Å²) in [6, 6.07) is 10.3. The van der Waals surface area contributed by atoms with Crippen molar-refractivity contribution in [3.05, 3.63) is 40.7 Å². The van der Waals surface area contributed by atoms with E-state index in [1.54, 1.807) is 11.3 Å². The zero-order valence-corrected chi connectivity index (χ0v) is 13.4. The Hall–Kier alpha value is -1.23. The molecule has 0 bridgehead atoms. The third-order valence-corrected chi connectivity index (χ3v) is 4.41. The van der Waals surface area contributed by atoms with E-state index in [1.807, 2.05) is 18.2 Å². The van der Waals surface area contributed by atoms with E-state index < -0.39 is 0 Å². The van der Waals surface area contributed by atoms with Gasteiger partial charge in [0, 0.05) is 24.1 Å². The number of thiazole rings is 1. The molecule has 114 valence electrons. The van der Waals surface area contributed by atoms with Gasteiger partial charge in [0.15, 0.2) is 0 Å². The molecule has 3 nitrogen and oxygen atoms in total. The molecule has 2 aromatic rings. The first kappa shape index (κ1) is 16.1. The third kappa shape index (κ3) is 5.23. The lowest BCUT2D eigenvalue weighted by molar-refractivity contribution is 0.248. The van der Waals surface area contributed by atoms with Gasteiger partial charge < -0.3 is 10.4 Å². The normalized spacial score (nSPS) is 12.5. The van der Waals surface area contributed by atoms with Gasteiger partial charge in [-0.25, -0.2) is 4.98 Å². The van der Waals surface area contributed by atoms with Crippen LogP contribution in [0.3, 0.4) is 0 Å². The summed E-state index contributed by atoms with van der Waals surface area (Å²) in [4.78, 5) is 4.68. The molecule has 0 amide bonds. The Kier molecular flexibility index (Phi) is 6.86. The molecule has 2 N–H and O–H groups in total. The second kappa shape index (κ2) is 8.93. The predicted octanol–water partition coefficient (Wildman–Crippen LogP) is 3.70. The van der Waals surface area contributed by atoms with Gasteiger partial charge in [0.25, 0.3) is 0 Å². The van der Waals surface area contributed by atoms with Crippen LogP contribution in [-0.4, -0.2) is 23.2 Å². The monoisotopic (exact) mass is 304 g/mol. The van der Waals surface area contributed by atoms with Gasteiger partial charge in [0.05, 0.1) is 5.69 Å². The maximum Gasteiger partial charge on any atom is 0.107 e. The number of nitrogens with one attached hydrogen (secondary N) is 1. The lowest BCUT2D eigenvalue weighted by Crippen LogP contribution is -2.23. The van der Waals surface area contributed by atoms with Crippen LogP contribution in [0.1, 0.15) is 31.2 Å². The van der Waals surface area contributed by atoms with Crippen LogP contribution < -0.4 is 5.32 Å². The fourth-order valence-electron chi connectivity index (χ4n) is 2.46. The zero-order valence-electron chi connectivity index (χ0n) is 12.6. The van der Waals surface area contributed by atoms with Crippen LogP contribution in [0.2, 0.25) is 0 Å². The first-order valence-electron chi connectivity index (χ1n) is 7.65. The van der Waals surface area contributed by atoms with E-state index in [9.17, 15) is 0 Å². The summed E-state index contributed by atoms with van der Waals surface area (Å²) in [5.41, 5.74) is 2.22. The number of aromatic nitrogens is 1. The molecule has 0 aliphatic carbocycles. The molecule has 4 heteroatoms.